The number of hydrogen-bond donors (Lipinski definition) is 0. The first-order valence-corrected chi connectivity index (χ1v) is 8.09. The highest BCUT2D eigenvalue weighted by Gasteiger charge is 2.31. The summed E-state index contributed by atoms with van der Waals surface area (Å²) in [4.78, 5) is 13.1. The fourth-order valence-electron chi connectivity index (χ4n) is 3.18. The van der Waals surface area contributed by atoms with Gasteiger partial charge in [-0.25, -0.2) is 18.0 Å². The first-order chi connectivity index (χ1) is 11.9. The van der Waals surface area contributed by atoms with E-state index in [2.05, 4.69) is 4.74 Å². The van der Waals surface area contributed by atoms with Gasteiger partial charge in [0.2, 0.25) is 0 Å². The average molecular weight is 370 g/mol. The molecule has 3 rings (SSSR count). The highest BCUT2D eigenvalue weighted by atomic mass is 35.5. The lowest BCUT2D eigenvalue weighted by atomic mass is 10.0. The molecule has 0 aliphatic carbocycles. The summed E-state index contributed by atoms with van der Waals surface area (Å²) in [6, 6.07) is 5.86. The highest BCUT2D eigenvalue weighted by molar-refractivity contribution is 6.31. The van der Waals surface area contributed by atoms with Gasteiger partial charge in [0.1, 0.15) is 17.5 Å². The molecule has 1 atom stereocenters. The number of carbonyl (C=O) groups is 1. The van der Waals surface area contributed by atoms with Crippen LogP contribution < -0.4 is 4.90 Å². The first-order valence-electron chi connectivity index (χ1n) is 7.72. The predicted molar refractivity (Wildman–Crippen MR) is 88.4 cm³/mol. The molecule has 0 amide bonds. The van der Waals surface area contributed by atoms with E-state index >= 15 is 0 Å². The minimum atomic E-state index is -0.950. The number of methoxy groups -OCH3 is 1. The Balaban J connectivity index is 2.02. The Labute approximate surface area is 148 Å². The van der Waals surface area contributed by atoms with Crippen molar-refractivity contribution in [1.82, 2.24) is 0 Å². The maximum Gasteiger partial charge on any atom is 0.340 e. The van der Waals surface area contributed by atoms with E-state index in [0.717, 1.165) is 25.7 Å². The largest absolute Gasteiger partial charge is 0.465 e. The molecule has 25 heavy (non-hydrogen) atoms. The molecule has 3 nitrogen and oxygen atoms in total. The van der Waals surface area contributed by atoms with Crippen LogP contribution in [0.3, 0.4) is 0 Å². The van der Waals surface area contributed by atoms with Crippen LogP contribution in [-0.4, -0.2) is 19.6 Å². The third-order valence-electron chi connectivity index (χ3n) is 4.34. The van der Waals surface area contributed by atoms with Crippen LogP contribution in [0.2, 0.25) is 5.02 Å². The zero-order valence-electron chi connectivity index (χ0n) is 13.4. The molecule has 2 aromatic rings. The minimum Gasteiger partial charge on any atom is -0.465 e. The molecule has 1 saturated heterocycles. The molecule has 0 saturated carbocycles. The molecule has 1 aliphatic heterocycles. The maximum absolute atomic E-state index is 14.5. The fourth-order valence-corrected chi connectivity index (χ4v) is 3.43. The number of rotatable bonds is 3. The Bertz CT molecular complexity index is 828. The number of ether oxygens (including phenoxy) is 1. The van der Waals surface area contributed by atoms with E-state index < -0.39 is 29.0 Å². The summed E-state index contributed by atoms with van der Waals surface area (Å²) >= 11 is 6.05. The Morgan fingerprint density at radius 1 is 1.20 bits per heavy atom. The fraction of sp³-hybridized carbons (Fsp3) is 0.278. The lowest BCUT2D eigenvalue weighted by Crippen LogP contribution is -2.24. The molecular formula is C18H15ClF3NO2. The van der Waals surface area contributed by atoms with Crippen molar-refractivity contribution < 1.29 is 22.7 Å². The van der Waals surface area contributed by atoms with Gasteiger partial charge in [0.25, 0.3) is 0 Å². The van der Waals surface area contributed by atoms with E-state index in [4.69, 9.17) is 11.6 Å². The molecule has 132 valence electrons. The quantitative estimate of drug-likeness (QED) is 0.722. The second kappa shape index (κ2) is 6.96. The normalized spacial score (nSPS) is 17.0. The van der Waals surface area contributed by atoms with Crippen LogP contribution in [0, 0.1) is 17.5 Å². The van der Waals surface area contributed by atoms with E-state index in [1.807, 2.05) is 0 Å². The van der Waals surface area contributed by atoms with E-state index in [-0.39, 0.29) is 16.8 Å². The lowest BCUT2D eigenvalue weighted by molar-refractivity contribution is 0.0595. The molecule has 0 bridgehead atoms. The molecule has 1 fully saturated rings. The summed E-state index contributed by atoms with van der Waals surface area (Å²) in [5.41, 5.74) is 0.0623. The molecular weight excluding hydrogens is 355 g/mol. The van der Waals surface area contributed by atoms with Crippen molar-refractivity contribution in [2.45, 2.75) is 18.9 Å². The van der Waals surface area contributed by atoms with Gasteiger partial charge >= 0.3 is 5.97 Å². The Kier molecular flexibility index (Phi) is 4.90. The van der Waals surface area contributed by atoms with Crippen LogP contribution in [0.4, 0.5) is 18.9 Å². The van der Waals surface area contributed by atoms with Crippen molar-refractivity contribution in [3.05, 3.63) is 63.9 Å². The van der Waals surface area contributed by atoms with Gasteiger partial charge in [-0.1, -0.05) is 23.7 Å². The minimum absolute atomic E-state index is 0.00739. The van der Waals surface area contributed by atoms with Gasteiger partial charge in [0.05, 0.1) is 29.4 Å². The van der Waals surface area contributed by atoms with Crippen LogP contribution >= 0.6 is 11.6 Å². The Morgan fingerprint density at radius 2 is 1.96 bits per heavy atom. The number of halogens is 4. The van der Waals surface area contributed by atoms with Gasteiger partial charge in [0.15, 0.2) is 0 Å². The number of anilines is 1. The second-order valence-corrected chi connectivity index (χ2v) is 6.15. The average Bonchev–Trinajstić information content (AvgIpc) is 3.07. The smallest absolute Gasteiger partial charge is 0.340 e. The molecule has 1 aliphatic rings. The first kappa shape index (κ1) is 17.6. The van der Waals surface area contributed by atoms with Gasteiger partial charge in [-0.15, -0.1) is 0 Å². The van der Waals surface area contributed by atoms with Crippen molar-refractivity contribution in [1.29, 1.82) is 0 Å². The monoisotopic (exact) mass is 369 g/mol. The van der Waals surface area contributed by atoms with Gasteiger partial charge in [0, 0.05) is 12.6 Å². The summed E-state index contributed by atoms with van der Waals surface area (Å²) < 4.78 is 46.9. The predicted octanol–water partition coefficient (Wildman–Crippen LogP) is 4.89. The summed E-state index contributed by atoms with van der Waals surface area (Å²) in [7, 11) is 1.09. The van der Waals surface area contributed by atoms with Crippen molar-refractivity contribution in [3.8, 4) is 0 Å². The standard InChI is InChI=1S/C18H15ClF3NO2/c1-25-18(24)11-8-14(22)16(9-13(11)21)23-7-3-6-15(23)10-4-2-5-12(20)17(10)19/h2,4-5,8-9,15H,3,6-7H2,1H3. The Hall–Kier alpha value is -2.21. The van der Waals surface area contributed by atoms with E-state index in [1.54, 1.807) is 11.0 Å². The third kappa shape index (κ3) is 3.18. The topological polar surface area (TPSA) is 29.5 Å². The summed E-state index contributed by atoms with van der Waals surface area (Å²) in [6.45, 7) is 0.464. The van der Waals surface area contributed by atoms with Crippen LogP contribution in [-0.2, 0) is 4.74 Å². The van der Waals surface area contributed by atoms with Crippen LogP contribution in [0.25, 0.3) is 0 Å². The van der Waals surface area contributed by atoms with Crippen molar-refractivity contribution in [2.24, 2.45) is 0 Å². The van der Waals surface area contributed by atoms with Gasteiger partial charge in [-0.2, -0.15) is 0 Å². The van der Waals surface area contributed by atoms with Gasteiger partial charge < -0.3 is 9.64 Å². The van der Waals surface area contributed by atoms with Gasteiger partial charge in [-0.3, -0.25) is 0 Å². The summed E-state index contributed by atoms with van der Waals surface area (Å²) in [5.74, 6) is -3.13. The lowest BCUT2D eigenvalue weighted by Gasteiger charge is -2.28. The molecule has 1 heterocycles. The molecule has 0 aromatic heterocycles. The van der Waals surface area contributed by atoms with E-state index in [0.29, 0.717) is 18.5 Å². The highest BCUT2D eigenvalue weighted by Crippen LogP contribution is 2.41. The number of benzene rings is 2. The van der Waals surface area contributed by atoms with Crippen molar-refractivity contribution >= 4 is 23.3 Å². The molecule has 7 heteroatoms. The molecule has 0 radical (unpaired) electrons. The zero-order chi connectivity index (χ0) is 18.1. The SMILES string of the molecule is COC(=O)c1cc(F)c(N2CCCC2c2cccc(F)c2Cl)cc1F. The third-order valence-corrected chi connectivity index (χ3v) is 4.74. The number of esters is 1. The zero-order valence-corrected chi connectivity index (χ0v) is 14.1. The molecule has 1 unspecified atom stereocenters. The van der Waals surface area contributed by atoms with Crippen LogP contribution in [0.5, 0.6) is 0 Å². The summed E-state index contributed by atoms with van der Waals surface area (Å²) in [5, 5.41) is -0.0218. The van der Waals surface area contributed by atoms with Crippen LogP contribution in [0.1, 0.15) is 34.8 Å². The maximum atomic E-state index is 14.5. The molecule has 0 N–H and O–H groups in total. The van der Waals surface area contributed by atoms with Crippen LogP contribution in [0.15, 0.2) is 30.3 Å². The number of carbonyl (C=O) groups excluding carboxylic acids is 1. The van der Waals surface area contributed by atoms with Gasteiger partial charge in [-0.05, 0) is 30.5 Å². The second-order valence-electron chi connectivity index (χ2n) is 5.77. The summed E-state index contributed by atoms with van der Waals surface area (Å²) in [6.07, 6.45) is 1.35. The van der Waals surface area contributed by atoms with Crippen molar-refractivity contribution in [2.75, 3.05) is 18.6 Å². The van der Waals surface area contributed by atoms with E-state index in [1.165, 1.54) is 12.1 Å². The van der Waals surface area contributed by atoms with E-state index in [9.17, 15) is 18.0 Å². The molecule has 0 spiro atoms. The number of hydrogen-bond acceptors (Lipinski definition) is 3. The van der Waals surface area contributed by atoms with Crippen molar-refractivity contribution in [3.63, 3.8) is 0 Å². The Morgan fingerprint density at radius 3 is 2.68 bits per heavy atom. The molecule has 2 aromatic carbocycles. The number of nitrogens with zero attached hydrogens (tertiary/aromatic N) is 1.